The van der Waals surface area contributed by atoms with Crippen molar-refractivity contribution >= 4 is 21.6 Å². The van der Waals surface area contributed by atoms with Crippen LogP contribution in [0, 0.1) is 11.3 Å². The van der Waals surface area contributed by atoms with E-state index >= 15 is 0 Å². The minimum absolute atomic E-state index is 0.469. The summed E-state index contributed by atoms with van der Waals surface area (Å²) in [5, 5.41) is 12.3. The third kappa shape index (κ3) is 2.02. The first-order valence-corrected chi connectivity index (χ1v) is 7.79. The van der Waals surface area contributed by atoms with Crippen LogP contribution < -0.4 is 5.73 Å². The van der Waals surface area contributed by atoms with Gasteiger partial charge in [0.25, 0.3) is 0 Å². The van der Waals surface area contributed by atoms with Gasteiger partial charge < -0.3 is 5.73 Å². The van der Waals surface area contributed by atoms with Crippen molar-refractivity contribution in [3.8, 4) is 11.4 Å². The lowest BCUT2D eigenvalue weighted by atomic mass is 10.0. The molecule has 6 heteroatoms. The van der Waals surface area contributed by atoms with Crippen molar-refractivity contribution in [2.45, 2.75) is 32.2 Å². The lowest BCUT2D eigenvalue weighted by Crippen LogP contribution is -2.16. The predicted octanol–water partition coefficient (Wildman–Crippen LogP) is 2.88. The van der Waals surface area contributed by atoms with E-state index in [2.05, 4.69) is 31.5 Å². The Morgan fingerprint density at radius 1 is 1.35 bits per heavy atom. The molecule has 20 heavy (non-hydrogen) atoms. The molecule has 104 valence electrons. The summed E-state index contributed by atoms with van der Waals surface area (Å²) in [6.45, 7) is 0.932. The number of anilines is 1. The number of halogens is 1. The molecule has 2 aliphatic carbocycles. The van der Waals surface area contributed by atoms with Crippen LogP contribution in [0.1, 0.15) is 25.7 Å². The van der Waals surface area contributed by atoms with Crippen molar-refractivity contribution in [2.75, 3.05) is 5.73 Å². The summed E-state index contributed by atoms with van der Waals surface area (Å²) in [6, 6.07) is 5.73. The molecule has 2 aliphatic rings. The van der Waals surface area contributed by atoms with Crippen molar-refractivity contribution in [3.05, 3.63) is 22.7 Å². The quantitative estimate of drug-likeness (QED) is 0.873. The van der Waals surface area contributed by atoms with Crippen LogP contribution in [0.5, 0.6) is 0 Å². The highest BCUT2D eigenvalue weighted by Gasteiger charge is 2.54. The zero-order valence-electron chi connectivity index (χ0n) is 11.1. The average Bonchev–Trinajstić information content (AvgIpc) is 3.32. The monoisotopic (exact) mass is 333 g/mol. The second kappa shape index (κ2) is 4.28. The van der Waals surface area contributed by atoms with E-state index in [1.54, 1.807) is 0 Å². The molecule has 1 aromatic carbocycles. The first kappa shape index (κ1) is 12.3. The fourth-order valence-electron chi connectivity index (χ4n) is 3.07. The van der Waals surface area contributed by atoms with E-state index in [-0.39, 0.29) is 0 Å². The fraction of sp³-hybridized carbons (Fsp3) is 0.500. The molecule has 2 fully saturated rings. The summed E-state index contributed by atoms with van der Waals surface area (Å²) < 4.78 is 2.92. The van der Waals surface area contributed by atoms with Crippen LogP contribution in [0.4, 0.5) is 5.69 Å². The highest BCUT2D eigenvalue weighted by molar-refractivity contribution is 9.10. The molecule has 2 saturated carbocycles. The Labute approximate surface area is 125 Å². The molecule has 0 atom stereocenters. The van der Waals surface area contributed by atoms with Crippen LogP contribution in [0.2, 0.25) is 0 Å². The molecular weight excluding hydrogens is 318 g/mol. The van der Waals surface area contributed by atoms with E-state index in [0.717, 1.165) is 34.0 Å². The zero-order chi connectivity index (χ0) is 13.7. The third-order valence-corrected chi connectivity index (χ3v) is 5.25. The second-order valence-electron chi connectivity index (χ2n) is 6.04. The highest BCUT2D eigenvalue weighted by atomic mass is 79.9. The smallest absolute Gasteiger partial charge is 0.183 e. The number of nitrogen functional groups attached to an aromatic ring is 1. The van der Waals surface area contributed by atoms with Gasteiger partial charge in [0.1, 0.15) is 0 Å². The van der Waals surface area contributed by atoms with E-state index in [4.69, 9.17) is 5.73 Å². The fourth-order valence-corrected chi connectivity index (χ4v) is 3.49. The van der Waals surface area contributed by atoms with Gasteiger partial charge in [0.2, 0.25) is 0 Å². The van der Waals surface area contributed by atoms with Gasteiger partial charge in [-0.05, 0) is 65.6 Å². The van der Waals surface area contributed by atoms with Crippen molar-refractivity contribution < 1.29 is 0 Å². The summed E-state index contributed by atoms with van der Waals surface area (Å²) >= 11 is 3.56. The minimum atomic E-state index is 0.469. The van der Waals surface area contributed by atoms with Gasteiger partial charge in [-0.2, -0.15) is 0 Å². The van der Waals surface area contributed by atoms with Gasteiger partial charge in [0, 0.05) is 15.7 Å². The largest absolute Gasteiger partial charge is 0.399 e. The lowest BCUT2D eigenvalue weighted by molar-refractivity contribution is 0.348. The maximum absolute atomic E-state index is 5.88. The molecule has 1 aromatic heterocycles. The number of tetrazole rings is 1. The van der Waals surface area contributed by atoms with Crippen LogP contribution >= 0.6 is 15.9 Å². The van der Waals surface area contributed by atoms with Crippen molar-refractivity contribution in [1.82, 2.24) is 20.2 Å². The summed E-state index contributed by atoms with van der Waals surface area (Å²) in [5.74, 6) is 1.69. The van der Waals surface area contributed by atoms with Crippen molar-refractivity contribution in [1.29, 1.82) is 0 Å². The molecule has 0 unspecified atom stereocenters. The van der Waals surface area contributed by atoms with E-state index in [0.29, 0.717) is 5.41 Å². The molecule has 2 N–H and O–H groups in total. The van der Waals surface area contributed by atoms with Gasteiger partial charge in [-0.3, -0.25) is 0 Å². The standard InChI is InChI=1S/C14H16BrN5/c15-12-4-3-10(16)7-11(12)13-17-18-19-20(13)8-14(5-6-14)9-1-2-9/h3-4,7,9H,1-2,5-6,8,16H2. The first-order chi connectivity index (χ1) is 9.68. The maximum Gasteiger partial charge on any atom is 0.183 e. The number of aromatic nitrogens is 4. The van der Waals surface area contributed by atoms with Crippen LogP contribution in [-0.2, 0) is 6.54 Å². The Hall–Kier alpha value is -1.43. The van der Waals surface area contributed by atoms with Gasteiger partial charge in [-0.15, -0.1) is 5.10 Å². The average molecular weight is 334 g/mol. The lowest BCUT2D eigenvalue weighted by Gasteiger charge is -2.15. The Bertz CT molecular complexity index is 657. The molecule has 0 saturated heterocycles. The summed E-state index contributed by atoms with van der Waals surface area (Å²) in [5.41, 5.74) is 8.03. The predicted molar refractivity (Wildman–Crippen MR) is 79.8 cm³/mol. The van der Waals surface area contributed by atoms with Gasteiger partial charge in [-0.25, -0.2) is 4.68 Å². The number of nitrogens with two attached hydrogens (primary N) is 1. The molecular formula is C14H16BrN5. The maximum atomic E-state index is 5.88. The van der Waals surface area contributed by atoms with Gasteiger partial charge >= 0.3 is 0 Å². The normalized spacial score (nSPS) is 20.1. The highest BCUT2D eigenvalue weighted by Crippen LogP contribution is 2.62. The number of hydrogen-bond donors (Lipinski definition) is 1. The van der Waals surface area contributed by atoms with Crippen molar-refractivity contribution in [3.63, 3.8) is 0 Å². The van der Waals surface area contributed by atoms with E-state index in [9.17, 15) is 0 Å². The topological polar surface area (TPSA) is 69.6 Å². The molecule has 0 aliphatic heterocycles. The summed E-state index contributed by atoms with van der Waals surface area (Å²) in [4.78, 5) is 0. The Morgan fingerprint density at radius 3 is 2.85 bits per heavy atom. The van der Waals surface area contributed by atoms with Gasteiger partial charge in [0.05, 0.1) is 6.54 Å². The Kier molecular flexibility index (Phi) is 2.64. The summed E-state index contributed by atoms with van der Waals surface area (Å²) in [6.07, 6.45) is 5.38. The van der Waals surface area contributed by atoms with Crippen LogP contribution in [0.25, 0.3) is 11.4 Å². The molecule has 0 bridgehead atoms. The van der Waals surface area contributed by atoms with Crippen LogP contribution in [0.15, 0.2) is 22.7 Å². The first-order valence-electron chi connectivity index (χ1n) is 6.99. The molecule has 1 heterocycles. The SMILES string of the molecule is Nc1ccc(Br)c(-c2nnnn2CC2(C3CC3)CC2)c1. The van der Waals surface area contributed by atoms with Crippen LogP contribution in [0.3, 0.4) is 0 Å². The Morgan fingerprint density at radius 2 is 2.15 bits per heavy atom. The number of benzene rings is 1. The molecule has 0 amide bonds. The molecule has 0 radical (unpaired) electrons. The van der Waals surface area contributed by atoms with E-state index in [1.807, 2.05) is 22.9 Å². The minimum Gasteiger partial charge on any atom is -0.399 e. The van der Waals surface area contributed by atoms with E-state index in [1.165, 1.54) is 25.7 Å². The molecule has 5 nitrogen and oxygen atoms in total. The number of nitrogens with zero attached hydrogens (tertiary/aromatic N) is 4. The molecule has 2 aromatic rings. The third-order valence-electron chi connectivity index (χ3n) is 4.56. The zero-order valence-corrected chi connectivity index (χ0v) is 12.7. The summed E-state index contributed by atoms with van der Waals surface area (Å²) in [7, 11) is 0. The van der Waals surface area contributed by atoms with Crippen LogP contribution in [-0.4, -0.2) is 20.2 Å². The second-order valence-corrected chi connectivity index (χ2v) is 6.89. The molecule has 0 spiro atoms. The van der Waals surface area contributed by atoms with Gasteiger partial charge in [0.15, 0.2) is 5.82 Å². The Balaban J connectivity index is 1.69. The number of rotatable bonds is 4. The van der Waals surface area contributed by atoms with E-state index < -0.39 is 0 Å². The number of hydrogen-bond acceptors (Lipinski definition) is 4. The molecule has 4 rings (SSSR count). The van der Waals surface area contributed by atoms with Crippen molar-refractivity contribution in [2.24, 2.45) is 11.3 Å². The van der Waals surface area contributed by atoms with Gasteiger partial charge in [-0.1, -0.05) is 15.9 Å².